The van der Waals surface area contributed by atoms with Gasteiger partial charge in [-0.3, -0.25) is 4.79 Å². The Hall–Kier alpha value is -1.16. The Morgan fingerprint density at radius 3 is 2.87 bits per heavy atom. The van der Waals surface area contributed by atoms with Gasteiger partial charge in [0.15, 0.2) is 0 Å². The summed E-state index contributed by atoms with van der Waals surface area (Å²) in [7, 11) is 0. The molecule has 0 heterocycles. The molecular formula is C11H16N2OS. The molecule has 4 heteroatoms. The van der Waals surface area contributed by atoms with Gasteiger partial charge < -0.3 is 11.1 Å². The number of amides is 1. The fourth-order valence-electron chi connectivity index (χ4n) is 1.14. The smallest absolute Gasteiger partial charge is 0.230 e. The molecule has 0 spiro atoms. The minimum Gasteiger partial charge on any atom is -0.399 e. The number of carbonyl (C=O) groups is 1. The highest BCUT2D eigenvalue weighted by Gasteiger charge is 2.02. The summed E-state index contributed by atoms with van der Waals surface area (Å²) < 4.78 is 0. The number of nitrogen functional groups attached to an aromatic ring is 1. The molecule has 1 rings (SSSR count). The van der Waals surface area contributed by atoms with E-state index in [0.29, 0.717) is 12.3 Å². The monoisotopic (exact) mass is 224 g/mol. The van der Waals surface area contributed by atoms with E-state index in [2.05, 4.69) is 5.32 Å². The van der Waals surface area contributed by atoms with Crippen LogP contribution in [0.3, 0.4) is 0 Å². The largest absolute Gasteiger partial charge is 0.399 e. The predicted octanol–water partition coefficient (Wildman–Crippen LogP) is 1.81. The van der Waals surface area contributed by atoms with Crippen LogP contribution in [0.2, 0.25) is 0 Å². The molecule has 1 aromatic carbocycles. The summed E-state index contributed by atoms with van der Waals surface area (Å²) in [5, 5.41) is 2.76. The Kier molecular flexibility index (Phi) is 4.49. The molecular weight excluding hydrogens is 208 g/mol. The number of benzene rings is 1. The molecule has 1 amide bonds. The summed E-state index contributed by atoms with van der Waals surface area (Å²) in [5.74, 6) is 0.522. The van der Waals surface area contributed by atoms with Gasteiger partial charge in [0, 0.05) is 17.1 Å². The zero-order valence-corrected chi connectivity index (χ0v) is 9.86. The molecule has 0 bridgehead atoms. The van der Waals surface area contributed by atoms with E-state index in [1.165, 1.54) is 11.8 Å². The first kappa shape index (κ1) is 11.9. The van der Waals surface area contributed by atoms with Crippen LogP contribution in [0.4, 0.5) is 5.69 Å². The molecule has 15 heavy (non-hydrogen) atoms. The van der Waals surface area contributed by atoms with Gasteiger partial charge in [-0.15, -0.1) is 11.8 Å². The molecule has 0 aliphatic rings. The van der Waals surface area contributed by atoms with E-state index in [4.69, 9.17) is 5.73 Å². The van der Waals surface area contributed by atoms with Gasteiger partial charge in [-0.1, -0.05) is 0 Å². The molecule has 0 fully saturated rings. The van der Waals surface area contributed by atoms with E-state index in [-0.39, 0.29) is 5.91 Å². The van der Waals surface area contributed by atoms with Crippen molar-refractivity contribution in [2.45, 2.75) is 18.7 Å². The SMILES string of the molecule is CCNC(=O)CSc1ccc(N)c(C)c1. The maximum atomic E-state index is 11.2. The van der Waals surface area contributed by atoms with Crippen molar-refractivity contribution >= 4 is 23.4 Å². The molecule has 0 aromatic heterocycles. The van der Waals surface area contributed by atoms with Gasteiger partial charge in [-0.25, -0.2) is 0 Å². The number of anilines is 1. The van der Waals surface area contributed by atoms with Crippen LogP contribution < -0.4 is 11.1 Å². The summed E-state index contributed by atoms with van der Waals surface area (Å²) in [5.41, 5.74) is 7.54. The lowest BCUT2D eigenvalue weighted by Gasteiger charge is -2.05. The van der Waals surface area contributed by atoms with Gasteiger partial charge in [-0.2, -0.15) is 0 Å². The minimum absolute atomic E-state index is 0.0666. The highest BCUT2D eigenvalue weighted by atomic mass is 32.2. The number of carbonyl (C=O) groups excluding carboxylic acids is 1. The molecule has 0 radical (unpaired) electrons. The third-order valence-corrected chi connectivity index (χ3v) is 2.98. The van der Waals surface area contributed by atoms with Crippen molar-refractivity contribution < 1.29 is 4.79 Å². The summed E-state index contributed by atoms with van der Waals surface area (Å²) >= 11 is 1.52. The molecule has 0 saturated carbocycles. The van der Waals surface area contributed by atoms with Crippen LogP contribution in [-0.2, 0) is 4.79 Å². The second-order valence-corrected chi connectivity index (χ2v) is 4.31. The molecule has 0 aliphatic carbocycles. The maximum absolute atomic E-state index is 11.2. The molecule has 3 nitrogen and oxygen atoms in total. The van der Waals surface area contributed by atoms with Crippen molar-refractivity contribution in [3.63, 3.8) is 0 Å². The van der Waals surface area contributed by atoms with Crippen LogP contribution >= 0.6 is 11.8 Å². The Morgan fingerprint density at radius 2 is 2.27 bits per heavy atom. The fourth-order valence-corrected chi connectivity index (χ4v) is 1.96. The van der Waals surface area contributed by atoms with E-state index in [0.717, 1.165) is 16.1 Å². The van der Waals surface area contributed by atoms with Gasteiger partial charge >= 0.3 is 0 Å². The van der Waals surface area contributed by atoms with Crippen molar-refractivity contribution in [1.29, 1.82) is 0 Å². The van der Waals surface area contributed by atoms with Crippen molar-refractivity contribution in [3.05, 3.63) is 23.8 Å². The van der Waals surface area contributed by atoms with Crippen LogP contribution in [0.15, 0.2) is 23.1 Å². The molecule has 0 aliphatic heterocycles. The topological polar surface area (TPSA) is 55.1 Å². The van der Waals surface area contributed by atoms with Crippen LogP contribution in [0.5, 0.6) is 0 Å². The second kappa shape index (κ2) is 5.66. The van der Waals surface area contributed by atoms with E-state index in [9.17, 15) is 4.79 Å². The number of hydrogen-bond acceptors (Lipinski definition) is 3. The van der Waals surface area contributed by atoms with Gasteiger partial charge in [0.2, 0.25) is 5.91 Å². The van der Waals surface area contributed by atoms with Crippen LogP contribution in [0, 0.1) is 6.92 Å². The fraction of sp³-hybridized carbons (Fsp3) is 0.364. The van der Waals surface area contributed by atoms with Crippen LogP contribution in [0.25, 0.3) is 0 Å². The third kappa shape index (κ3) is 3.83. The minimum atomic E-state index is 0.0666. The molecule has 0 unspecified atom stereocenters. The zero-order valence-electron chi connectivity index (χ0n) is 9.04. The van der Waals surface area contributed by atoms with E-state index in [1.807, 2.05) is 32.0 Å². The van der Waals surface area contributed by atoms with Crippen molar-refractivity contribution in [3.8, 4) is 0 Å². The number of rotatable bonds is 4. The van der Waals surface area contributed by atoms with Crippen LogP contribution in [0.1, 0.15) is 12.5 Å². The maximum Gasteiger partial charge on any atom is 0.230 e. The first-order chi connectivity index (χ1) is 7.13. The number of aryl methyl sites for hydroxylation is 1. The predicted molar refractivity (Wildman–Crippen MR) is 65.0 cm³/mol. The number of nitrogens with two attached hydrogens (primary N) is 1. The number of hydrogen-bond donors (Lipinski definition) is 2. The van der Waals surface area contributed by atoms with Gasteiger partial charge in [0.05, 0.1) is 5.75 Å². The number of nitrogens with one attached hydrogen (secondary N) is 1. The Labute approximate surface area is 94.4 Å². The third-order valence-electron chi connectivity index (χ3n) is 1.99. The Morgan fingerprint density at radius 1 is 1.53 bits per heavy atom. The quantitative estimate of drug-likeness (QED) is 0.606. The molecule has 1 aromatic rings. The van der Waals surface area contributed by atoms with Crippen LogP contribution in [-0.4, -0.2) is 18.2 Å². The highest BCUT2D eigenvalue weighted by molar-refractivity contribution is 8.00. The highest BCUT2D eigenvalue weighted by Crippen LogP contribution is 2.21. The summed E-state index contributed by atoms with van der Waals surface area (Å²) in [6.07, 6.45) is 0. The van der Waals surface area contributed by atoms with Crippen molar-refractivity contribution in [2.24, 2.45) is 0 Å². The normalized spacial score (nSPS) is 10.0. The molecule has 0 saturated heterocycles. The number of thioether (sulfide) groups is 1. The molecule has 3 N–H and O–H groups in total. The first-order valence-electron chi connectivity index (χ1n) is 4.89. The van der Waals surface area contributed by atoms with Gasteiger partial charge in [-0.05, 0) is 37.6 Å². The lowest BCUT2D eigenvalue weighted by Crippen LogP contribution is -2.24. The lowest BCUT2D eigenvalue weighted by molar-refractivity contribution is -0.118. The standard InChI is InChI=1S/C11H16N2OS/c1-3-13-11(14)7-15-9-4-5-10(12)8(2)6-9/h4-6H,3,7,12H2,1-2H3,(H,13,14). The summed E-state index contributed by atoms with van der Waals surface area (Å²) in [6.45, 7) is 4.56. The summed E-state index contributed by atoms with van der Waals surface area (Å²) in [6, 6.07) is 5.81. The Balaban J connectivity index is 2.51. The van der Waals surface area contributed by atoms with E-state index in [1.54, 1.807) is 0 Å². The van der Waals surface area contributed by atoms with Crippen molar-refractivity contribution in [2.75, 3.05) is 18.0 Å². The molecule has 0 atom stereocenters. The summed E-state index contributed by atoms with van der Waals surface area (Å²) in [4.78, 5) is 12.3. The Bertz CT molecular complexity index is 352. The second-order valence-electron chi connectivity index (χ2n) is 3.26. The zero-order chi connectivity index (χ0) is 11.3. The van der Waals surface area contributed by atoms with Gasteiger partial charge in [0.1, 0.15) is 0 Å². The molecule has 82 valence electrons. The average Bonchev–Trinajstić information content (AvgIpc) is 2.20. The average molecular weight is 224 g/mol. The first-order valence-corrected chi connectivity index (χ1v) is 5.87. The lowest BCUT2D eigenvalue weighted by atomic mass is 10.2. The van der Waals surface area contributed by atoms with Gasteiger partial charge in [0.25, 0.3) is 0 Å². The van der Waals surface area contributed by atoms with Crippen molar-refractivity contribution in [1.82, 2.24) is 5.32 Å². The van der Waals surface area contributed by atoms with E-state index < -0.39 is 0 Å². The van der Waals surface area contributed by atoms with E-state index >= 15 is 0 Å².